The Morgan fingerprint density at radius 2 is 1.93 bits per heavy atom. The minimum Gasteiger partial charge on any atom is -0.493 e. The first-order valence-corrected chi connectivity index (χ1v) is 9.48. The summed E-state index contributed by atoms with van der Waals surface area (Å²) in [6.07, 6.45) is 0.496. The fourth-order valence-electron chi connectivity index (χ4n) is 3.70. The summed E-state index contributed by atoms with van der Waals surface area (Å²) in [7, 11) is 2.85. The van der Waals surface area contributed by atoms with Crippen LogP contribution < -0.4 is 19.8 Å². The number of ether oxygens (including phenoxy) is 4. The van der Waals surface area contributed by atoms with Gasteiger partial charge in [-0.2, -0.15) is 0 Å². The van der Waals surface area contributed by atoms with E-state index in [2.05, 4.69) is 10.2 Å². The number of esters is 1. The van der Waals surface area contributed by atoms with Crippen molar-refractivity contribution >= 4 is 5.97 Å². The Balaban J connectivity index is 1.81. The van der Waals surface area contributed by atoms with Crippen LogP contribution in [0.2, 0.25) is 0 Å². The SMILES string of the molecule is COC(=O)C[C@H](c1cc(OC)c2c(c1)OCO2)c1c(Cc2ccccc2)[nH][nH]c1=O. The molecule has 0 bridgehead atoms. The summed E-state index contributed by atoms with van der Waals surface area (Å²) in [5.74, 6) is 0.505. The molecule has 0 fully saturated rings. The molecule has 8 nitrogen and oxygen atoms in total. The van der Waals surface area contributed by atoms with Crippen molar-refractivity contribution in [1.29, 1.82) is 0 Å². The Bertz CT molecular complexity index is 1100. The van der Waals surface area contributed by atoms with E-state index in [1.54, 1.807) is 12.1 Å². The van der Waals surface area contributed by atoms with Crippen molar-refractivity contribution in [2.75, 3.05) is 21.0 Å². The first kappa shape index (κ1) is 19.6. The van der Waals surface area contributed by atoms with E-state index >= 15 is 0 Å². The molecular weight excluding hydrogens is 388 g/mol. The molecule has 1 aromatic heterocycles. The Kier molecular flexibility index (Phi) is 5.47. The number of hydrogen-bond donors (Lipinski definition) is 2. The molecule has 156 valence electrons. The van der Waals surface area contributed by atoms with Gasteiger partial charge in [-0.25, -0.2) is 0 Å². The zero-order chi connectivity index (χ0) is 21.1. The molecule has 0 amide bonds. The molecule has 1 aliphatic rings. The van der Waals surface area contributed by atoms with Gasteiger partial charge in [0.25, 0.3) is 5.56 Å². The molecule has 30 heavy (non-hydrogen) atoms. The fourth-order valence-corrected chi connectivity index (χ4v) is 3.70. The third-order valence-corrected chi connectivity index (χ3v) is 5.15. The van der Waals surface area contributed by atoms with Crippen molar-refractivity contribution < 1.29 is 23.7 Å². The van der Waals surface area contributed by atoms with E-state index in [1.807, 2.05) is 30.3 Å². The molecule has 0 spiro atoms. The Morgan fingerprint density at radius 1 is 1.13 bits per heavy atom. The van der Waals surface area contributed by atoms with E-state index < -0.39 is 11.9 Å². The highest BCUT2D eigenvalue weighted by Gasteiger charge is 2.29. The summed E-state index contributed by atoms with van der Waals surface area (Å²) < 4.78 is 21.3. The van der Waals surface area contributed by atoms with Crippen molar-refractivity contribution in [3.63, 3.8) is 0 Å². The summed E-state index contributed by atoms with van der Waals surface area (Å²) in [5.41, 5.74) is 2.63. The van der Waals surface area contributed by atoms with Gasteiger partial charge < -0.3 is 24.0 Å². The molecule has 2 aromatic carbocycles. The summed E-state index contributed by atoms with van der Waals surface area (Å²) in [5, 5.41) is 5.63. The van der Waals surface area contributed by atoms with Crippen LogP contribution >= 0.6 is 0 Å². The van der Waals surface area contributed by atoms with Crippen molar-refractivity contribution in [3.8, 4) is 17.2 Å². The van der Waals surface area contributed by atoms with Crippen LogP contribution in [0.1, 0.15) is 34.7 Å². The average Bonchev–Trinajstić information content (AvgIpc) is 3.38. The molecule has 0 saturated carbocycles. The first-order valence-electron chi connectivity index (χ1n) is 9.48. The number of fused-ring (bicyclic) bond motifs is 1. The number of rotatable bonds is 7. The van der Waals surface area contributed by atoms with Gasteiger partial charge in [-0.1, -0.05) is 30.3 Å². The number of methoxy groups -OCH3 is 2. The molecule has 0 aliphatic carbocycles. The second-order valence-corrected chi connectivity index (χ2v) is 6.92. The molecule has 1 atom stereocenters. The van der Waals surface area contributed by atoms with Crippen molar-refractivity contribution in [2.45, 2.75) is 18.8 Å². The van der Waals surface area contributed by atoms with Crippen LogP contribution in [0.5, 0.6) is 17.2 Å². The molecule has 3 aromatic rings. The minimum absolute atomic E-state index is 0.0119. The van der Waals surface area contributed by atoms with Crippen molar-refractivity contribution in [1.82, 2.24) is 10.2 Å². The predicted molar refractivity (Wildman–Crippen MR) is 108 cm³/mol. The molecule has 1 aliphatic heterocycles. The largest absolute Gasteiger partial charge is 0.493 e. The number of carbonyl (C=O) groups excluding carboxylic acids is 1. The quantitative estimate of drug-likeness (QED) is 0.581. The van der Waals surface area contributed by atoms with Gasteiger partial charge in [0.05, 0.1) is 20.6 Å². The lowest BCUT2D eigenvalue weighted by molar-refractivity contribution is -0.140. The van der Waals surface area contributed by atoms with Gasteiger partial charge in [0.2, 0.25) is 12.5 Å². The maximum atomic E-state index is 12.8. The van der Waals surface area contributed by atoms with E-state index in [0.29, 0.717) is 40.5 Å². The number of hydrogen-bond acceptors (Lipinski definition) is 6. The topological polar surface area (TPSA) is 103 Å². The van der Waals surface area contributed by atoms with Gasteiger partial charge in [-0.3, -0.25) is 14.7 Å². The number of benzene rings is 2. The van der Waals surface area contributed by atoms with Gasteiger partial charge in [-0.05, 0) is 23.3 Å². The third-order valence-electron chi connectivity index (χ3n) is 5.15. The van der Waals surface area contributed by atoms with E-state index in [-0.39, 0.29) is 18.8 Å². The lowest BCUT2D eigenvalue weighted by Gasteiger charge is -2.18. The van der Waals surface area contributed by atoms with Gasteiger partial charge >= 0.3 is 5.97 Å². The van der Waals surface area contributed by atoms with E-state index in [0.717, 1.165) is 5.56 Å². The first-order chi connectivity index (χ1) is 14.6. The molecule has 0 radical (unpaired) electrons. The zero-order valence-electron chi connectivity index (χ0n) is 16.7. The van der Waals surface area contributed by atoms with Gasteiger partial charge in [0, 0.05) is 23.6 Å². The van der Waals surface area contributed by atoms with Crippen LogP contribution in [-0.4, -0.2) is 37.2 Å². The number of carbonyl (C=O) groups is 1. The minimum atomic E-state index is -0.561. The third kappa shape index (κ3) is 3.76. The molecule has 2 heterocycles. The highest BCUT2D eigenvalue weighted by molar-refractivity contribution is 5.72. The van der Waals surface area contributed by atoms with Gasteiger partial charge in [0.15, 0.2) is 11.5 Å². The van der Waals surface area contributed by atoms with E-state index in [4.69, 9.17) is 18.9 Å². The molecular formula is C22H22N2O6. The normalized spacial score (nSPS) is 13.1. The predicted octanol–water partition coefficient (Wildman–Crippen LogP) is 2.73. The Hall–Kier alpha value is -3.68. The number of aromatic nitrogens is 2. The Labute approximate surface area is 172 Å². The molecule has 0 saturated heterocycles. The summed E-state index contributed by atoms with van der Waals surface area (Å²) in [6.45, 7) is 0.0841. The van der Waals surface area contributed by atoms with Crippen LogP contribution in [-0.2, 0) is 16.0 Å². The summed E-state index contributed by atoms with van der Waals surface area (Å²) in [6, 6.07) is 13.3. The van der Waals surface area contributed by atoms with Crippen molar-refractivity contribution in [3.05, 3.63) is 75.2 Å². The summed E-state index contributed by atoms with van der Waals surface area (Å²) in [4.78, 5) is 25.0. The zero-order valence-corrected chi connectivity index (χ0v) is 16.7. The number of H-pyrrole nitrogens is 2. The Morgan fingerprint density at radius 3 is 2.67 bits per heavy atom. The second-order valence-electron chi connectivity index (χ2n) is 6.92. The highest BCUT2D eigenvalue weighted by Crippen LogP contribution is 2.44. The molecule has 4 rings (SSSR count). The van der Waals surface area contributed by atoms with Crippen molar-refractivity contribution in [2.24, 2.45) is 0 Å². The number of nitrogens with one attached hydrogen (secondary N) is 2. The number of aromatic amines is 2. The molecule has 0 unspecified atom stereocenters. The smallest absolute Gasteiger partial charge is 0.306 e. The highest BCUT2D eigenvalue weighted by atomic mass is 16.7. The van der Waals surface area contributed by atoms with E-state index in [1.165, 1.54) is 14.2 Å². The maximum Gasteiger partial charge on any atom is 0.306 e. The lowest BCUT2D eigenvalue weighted by Crippen LogP contribution is -2.18. The lowest BCUT2D eigenvalue weighted by atomic mass is 9.87. The average molecular weight is 410 g/mol. The monoisotopic (exact) mass is 410 g/mol. The van der Waals surface area contributed by atoms with E-state index in [9.17, 15) is 9.59 Å². The fraction of sp³-hybridized carbons (Fsp3) is 0.273. The van der Waals surface area contributed by atoms with Crippen LogP contribution in [0, 0.1) is 0 Å². The molecule has 2 N–H and O–H groups in total. The van der Waals surface area contributed by atoms with Crippen LogP contribution in [0.15, 0.2) is 47.3 Å². The molecule has 8 heteroatoms. The summed E-state index contributed by atoms with van der Waals surface area (Å²) >= 11 is 0. The van der Waals surface area contributed by atoms with Gasteiger partial charge in [-0.15, -0.1) is 0 Å². The standard InChI is InChI=1S/C22H22N2O6/c1-27-17-9-14(10-18-21(17)30-12-29-18)15(11-19(25)28-2)20-16(23-24-22(20)26)8-13-6-4-3-5-7-13/h3-7,9-10,15H,8,11-12H2,1-2H3,(H2,23,24,26)/t15-/m1/s1. The van der Waals surface area contributed by atoms with Crippen LogP contribution in [0.3, 0.4) is 0 Å². The second kappa shape index (κ2) is 8.36. The van der Waals surface area contributed by atoms with Crippen LogP contribution in [0.4, 0.5) is 0 Å². The maximum absolute atomic E-state index is 12.8. The van der Waals surface area contributed by atoms with Crippen LogP contribution in [0.25, 0.3) is 0 Å². The van der Waals surface area contributed by atoms with Gasteiger partial charge in [0.1, 0.15) is 0 Å².